The van der Waals surface area contributed by atoms with E-state index in [4.69, 9.17) is 18.9 Å². The Kier molecular flexibility index (Phi) is 6.63. The van der Waals surface area contributed by atoms with Crippen molar-refractivity contribution in [3.63, 3.8) is 0 Å². The van der Waals surface area contributed by atoms with E-state index in [1.54, 1.807) is 7.11 Å². The molecular weight excluding hydrogens is 430 g/mol. The number of rotatable bonds is 10. The number of ether oxygens (including phenoxy) is 4. The molecular formula is C27H27N3O4. The van der Waals surface area contributed by atoms with Crippen molar-refractivity contribution in [3.8, 4) is 28.7 Å². The normalized spacial score (nSPS) is 12.0. The van der Waals surface area contributed by atoms with Gasteiger partial charge in [0.15, 0.2) is 11.5 Å². The number of pyridine rings is 1. The van der Waals surface area contributed by atoms with Gasteiger partial charge in [0.25, 0.3) is 0 Å². The predicted molar refractivity (Wildman–Crippen MR) is 132 cm³/mol. The average Bonchev–Trinajstić information content (AvgIpc) is 3.34. The molecule has 4 aromatic rings. The van der Waals surface area contributed by atoms with Crippen molar-refractivity contribution < 1.29 is 18.9 Å². The zero-order valence-electron chi connectivity index (χ0n) is 19.0. The van der Waals surface area contributed by atoms with Crippen LogP contribution in [0.5, 0.6) is 28.7 Å². The third kappa shape index (κ3) is 5.15. The van der Waals surface area contributed by atoms with Crippen molar-refractivity contribution in [3.05, 3.63) is 78.5 Å². The van der Waals surface area contributed by atoms with E-state index in [1.165, 1.54) is 5.56 Å². The summed E-state index contributed by atoms with van der Waals surface area (Å²) in [6, 6.07) is 21.6. The second-order valence-corrected chi connectivity index (χ2v) is 7.96. The van der Waals surface area contributed by atoms with Crippen LogP contribution < -0.4 is 29.6 Å². The van der Waals surface area contributed by atoms with E-state index < -0.39 is 0 Å². The van der Waals surface area contributed by atoms with Crippen LogP contribution in [-0.2, 0) is 6.54 Å². The molecule has 0 aliphatic carbocycles. The molecule has 1 aromatic heterocycles. The Bertz CT molecular complexity index is 1280. The predicted octanol–water partition coefficient (Wildman–Crippen LogP) is 5.36. The molecule has 0 unspecified atom stereocenters. The largest absolute Gasteiger partial charge is 0.497 e. The molecule has 7 nitrogen and oxygen atoms in total. The smallest absolute Gasteiger partial charge is 0.231 e. The highest BCUT2D eigenvalue weighted by Crippen LogP contribution is 2.32. The third-order valence-electron chi connectivity index (χ3n) is 5.60. The highest BCUT2D eigenvalue weighted by Gasteiger charge is 2.12. The monoisotopic (exact) mass is 457 g/mol. The zero-order chi connectivity index (χ0) is 23.2. The standard InChI is InChI=1S/C27H27N3O4/c1-31-20-4-2-5-21(15-20)34-22-7-8-23-24(10-13-30-25(23)16-22)29-12-3-11-28-17-19-6-9-26-27(14-19)33-18-32-26/h2,4-10,13-16,28H,3,11-12,17-18H2,1H3,(H,29,30). The van der Waals surface area contributed by atoms with Gasteiger partial charge in [-0.1, -0.05) is 12.1 Å². The third-order valence-corrected chi connectivity index (χ3v) is 5.60. The fourth-order valence-corrected chi connectivity index (χ4v) is 3.87. The second kappa shape index (κ2) is 10.3. The van der Waals surface area contributed by atoms with Crippen LogP contribution in [0.15, 0.2) is 72.9 Å². The fourth-order valence-electron chi connectivity index (χ4n) is 3.87. The van der Waals surface area contributed by atoms with Gasteiger partial charge < -0.3 is 29.6 Å². The molecule has 0 saturated heterocycles. The van der Waals surface area contributed by atoms with Crippen molar-refractivity contribution >= 4 is 16.6 Å². The Morgan fingerprint density at radius 1 is 0.882 bits per heavy atom. The summed E-state index contributed by atoms with van der Waals surface area (Å²) in [5.74, 6) is 3.85. The second-order valence-electron chi connectivity index (χ2n) is 7.96. The SMILES string of the molecule is COc1cccc(Oc2ccc3c(NCCCNCc4ccc5c(c4)OCO5)ccnc3c2)c1. The van der Waals surface area contributed by atoms with Crippen molar-refractivity contribution in [2.75, 3.05) is 32.3 Å². The van der Waals surface area contributed by atoms with Gasteiger partial charge in [0.05, 0.1) is 12.6 Å². The van der Waals surface area contributed by atoms with Gasteiger partial charge in [0.2, 0.25) is 6.79 Å². The Balaban J connectivity index is 1.13. The molecule has 0 amide bonds. The molecule has 34 heavy (non-hydrogen) atoms. The molecule has 0 fully saturated rings. The van der Waals surface area contributed by atoms with E-state index >= 15 is 0 Å². The molecule has 7 heteroatoms. The highest BCUT2D eigenvalue weighted by molar-refractivity contribution is 5.91. The van der Waals surface area contributed by atoms with Gasteiger partial charge >= 0.3 is 0 Å². The van der Waals surface area contributed by atoms with E-state index in [-0.39, 0.29) is 0 Å². The number of nitrogens with one attached hydrogen (secondary N) is 2. The van der Waals surface area contributed by atoms with Crippen molar-refractivity contribution in [1.82, 2.24) is 10.3 Å². The van der Waals surface area contributed by atoms with Gasteiger partial charge in [-0.2, -0.15) is 0 Å². The minimum absolute atomic E-state index is 0.304. The lowest BCUT2D eigenvalue weighted by atomic mass is 10.1. The maximum Gasteiger partial charge on any atom is 0.231 e. The summed E-state index contributed by atoms with van der Waals surface area (Å²) in [7, 11) is 1.64. The number of methoxy groups -OCH3 is 1. The summed E-state index contributed by atoms with van der Waals surface area (Å²) in [4.78, 5) is 4.52. The van der Waals surface area contributed by atoms with Crippen molar-refractivity contribution in [1.29, 1.82) is 0 Å². The summed E-state index contributed by atoms with van der Waals surface area (Å²) < 4.78 is 22.1. The molecule has 0 saturated carbocycles. The van der Waals surface area contributed by atoms with E-state index in [9.17, 15) is 0 Å². The first-order valence-corrected chi connectivity index (χ1v) is 11.3. The minimum Gasteiger partial charge on any atom is -0.497 e. The summed E-state index contributed by atoms with van der Waals surface area (Å²) >= 11 is 0. The lowest BCUT2D eigenvalue weighted by molar-refractivity contribution is 0.174. The van der Waals surface area contributed by atoms with E-state index in [1.807, 2.05) is 66.9 Å². The van der Waals surface area contributed by atoms with Gasteiger partial charge in [-0.3, -0.25) is 4.98 Å². The van der Waals surface area contributed by atoms with Gasteiger partial charge in [0.1, 0.15) is 17.2 Å². The lowest BCUT2D eigenvalue weighted by Crippen LogP contribution is -2.17. The molecule has 3 aromatic carbocycles. The topological polar surface area (TPSA) is 73.9 Å². The molecule has 1 aliphatic heterocycles. The van der Waals surface area contributed by atoms with Gasteiger partial charge in [0, 0.05) is 42.5 Å². The van der Waals surface area contributed by atoms with Gasteiger partial charge in [-0.15, -0.1) is 0 Å². The average molecular weight is 458 g/mol. The molecule has 174 valence electrons. The van der Waals surface area contributed by atoms with Crippen LogP contribution in [0.2, 0.25) is 0 Å². The zero-order valence-corrected chi connectivity index (χ0v) is 19.0. The van der Waals surface area contributed by atoms with Crippen molar-refractivity contribution in [2.45, 2.75) is 13.0 Å². The first kappa shape index (κ1) is 21.9. The van der Waals surface area contributed by atoms with E-state index in [2.05, 4.69) is 21.7 Å². The Morgan fingerprint density at radius 3 is 2.71 bits per heavy atom. The summed E-state index contributed by atoms with van der Waals surface area (Å²) in [5, 5.41) is 8.08. The maximum absolute atomic E-state index is 5.99. The van der Waals surface area contributed by atoms with E-state index in [0.717, 1.165) is 71.4 Å². The first-order valence-electron chi connectivity index (χ1n) is 11.3. The number of benzene rings is 3. The molecule has 2 heterocycles. The Labute approximate surface area is 198 Å². The molecule has 0 bridgehead atoms. The van der Waals surface area contributed by atoms with Crippen LogP contribution in [0, 0.1) is 0 Å². The number of hydrogen-bond donors (Lipinski definition) is 2. The van der Waals surface area contributed by atoms with Crippen molar-refractivity contribution in [2.24, 2.45) is 0 Å². The molecule has 0 radical (unpaired) electrons. The number of aromatic nitrogens is 1. The molecule has 5 rings (SSSR count). The van der Waals surface area contributed by atoms with Crippen LogP contribution in [0.4, 0.5) is 5.69 Å². The number of anilines is 1. The number of nitrogens with zero attached hydrogens (tertiary/aromatic N) is 1. The van der Waals surface area contributed by atoms with Crippen LogP contribution in [0.25, 0.3) is 10.9 Å². The fraction of sp³-hybridized carbons (Fsp3) is 0.222. The first-order chi connectivity index (χ1) is 16.8. The Hall–Kier alpha value is -3.97. The molecule has 0 atom stereocenters. The van der Waals surface area contributed by atoms with E-state index in [0.29, 0.717) is 6.79 Å². The van der Waals surface area contributed by atoms with Crippen LogP contribution in [-0.4, -0.2) is 32.0 Å². The molecule has 0 spiro atoms. The molecule has 1 aliphatic rings. The molecule has 2 N–H and O–H groups in total. The summed E-state index contributed by atoms with van der Waals surface area (Å²) in [6.45, 7) is 2.86. The van der Waals surface area contributed by atoms with Gasteiger partial charge in [-0.25, -0.2) is 0 Å². The quantitative estimate of drug-likeness (QED) is 0.311. The van der Waals surface area contributed by atoms with Crippen LogP contribution in [0.3, 0.4) is 0 Å². The maximum atomic E-state index is 5.99. The van der Waals surface area contributed by atoms with Crippen LogP contribution in [0.1, 0.15) is 12.0 Å². The summed E-state index contributed by atoms with van der Waals surface area (Å²) in [6.07, 6.45) is 2.81. The van der Waals surface area contributed by atoms with Crippen LogP contribution >= 0.6 is 0 Å². The highest BCUT2D eigenvalue weighted by atomic mass is 16.7. The summed E-state index contributed by atoms with van der Waals surface area (Å²) in [5.41, 5.74) is 3.13. The minimum atomic E-state index is 0.304. The lowest BCUT2D eigenvalue weighted by Gasteiger charge is -2.12. The number of fused-ring (bicyclic) bond motifs is 2. The number of hydrogen-bond acceptors (Lipinski definition) is 7. The Morgan fingerprint density at radius 2 is 1.76 bits per heavy atom. The van der Waals surface area contributed by atoms with Gasteiger partial charge in [-0.05, 0) is 61.0 Å².